The van der Waals surface area contributed by atoms with Gasteiger partial charge in [0.1, 0.15) is 5.82 Å². The minimum absolute atomic E-state index is 0.0451. The van der Waals surface area contributed by atoms with Crippen LogP contribution in [0.25, 0.3) is 5.65 Å². The van der Waals surface area contributed by atoms with Gasteiger partial charge in [-0.15, -0.1) is 0 Å². The predicted octanol–water partition coefficient (Wildman–Crippen LogP) is 1.73. The highest BCUT2D eigenvalue weighted by Gasteiger charge is 2.23. The number of hydrogen-bond acceptors (Lipinski definition) is 5. The van der Waals surface area contributed by atoms with Crippen LogP contribution >= 0.6 is 0 Å². The normalized spacial score (nSPS) is 14.3. The van der Waals surface area contributed by atoms with Gasteiger partial charge in [0, 0.05) is 18.9 Å². The van der Waals surface area contributed by atoms with E-state index in [1.807, 2.05) is 37.6 Å². The highest BCUT2D eigenvalue weighted by Crippen LogP contribution is 2.22. The number of anilines is 2. The summed E-state index contributed by atoms with van der Waals surface area (Å²) in [7, 11) is 0. The summed E-state index contributed by atoms with van der Waals surface area (Å²) in [4.78, 5) is 8.83. The molecule has 0 saturated heterocycles. The molecule has 3 N–H and O–H groups in total. The molecule has 0 fully saturated rings. The Morgan fingerprint density at radius 1 is 1.42 bits per heavy atom. The van der Waals surface area contributed by atoms with Crippen LogP contribution in [0, 0.1) is 0 Å². The van der Waals surface area contributed by atoms with Crippen molar-refractivity contribution >= 4 is 17.3 Å². The van der Waals surface area contributed by atoms with E-state index in [-0.39, 0.29) is 6.61 Å². The van der Waals surface area contributed by atoms with E-state index in [1.165, 1.54) is 0 Å². The van der Waals surface area contributed by atoms with E-state index < -0.39 is 5.54 Å². The highest BCUT2D eigenvalue weighted by atomic mass is 16.3. The lowest BCUT2D eigenvalue weighted by molar-refractivity contribution is 0.218. The van der Waals surface area contributed by atoms with Crippen molar-refractivity contribution in [2.24, 2.45) is 0 Å². The third-order valence-corrected chi connectivity index (χ3v) is 3.28. The van der Waals surface area contributed by atoms with Crippen LogP contribution in [0.2, 0.25) is 0 Å². The predicted molar refractivity (Wildman–Crippen MR) is 76.6 cm³/mol. The second-order valence-electron chi connectivity index (χ2n) is 4.86. The van der Waals surface area contributed by atoms with Gasteiger partial charge in [0.25, 0.3) is 0 Å². The molecular formula is C13H21N5O. The molecule has 0 aliphatic carbocycles. The van der Waals surface area contributed by atoms with Gasteiger partial charge in [0.2, 0.25) is 0 Å². The van der Waals surface area contributed by atoms with Crippen molar-refractivity contribution in [3.63, 3.8) is 0 Å². The fourth-order valence-corrected chi connectivity index (χ4v) is 1.81. The van der Waals surface area contributed by atoms with Gasteiger partial charge in [-0.05, 0) is 20.3 Å². The Morgan fingerprint density at radius 2 is 2.21 bits per heavy atom. The minimum Gasteiger partial charge on any atom is -0.394 e. The molecule has 0 aliphatic rings. The highest BCUT2D eigenvalue weighted by molar-refractivity contribution is 5.66. The Kier molecular flexibility index (Phi) is 3.90. The molecule has 0 bridgehead atoms. The molecule has 0 amide bonds. The van der Waals surface area contributed by atoms with Crippen molar-refractivity contribution in [1.29, 1.82) is 0 Å². The summed E-state index contributed by atoms with van der Waals surface area (Å²) in [5, 5.41) is 16.0. The van der Waals surface area contributed by atoms with E-state index in [0.29, 0.717) is 5.82 Å². The Morgan fingerprint density at radius 3 is 2.84 bits per heavy atom. The smallest absolute Gasteiger partial charge is 0.180 e. The number of hydrogen-bond donors (Lipinski definition) is 3. The minimum atomic E-state index is -0.399. The number of fused-ring (bicyclic) bond motifs is 1. The second kappa shape index (κ2) is 5.44. The molecule has 1 unspecified atom stereocenters. The molecule has 0 aliphatic heterocycles. The molecule has 0 aromatic carbocycles. The van der Waals surface area contributed by atoms with Gasteiger partial charge in [-0.1, -0.05) is 6.92 Å². The molecule has 2 heterocycles. The first-order valence-electron chi connectivity index (χ1n) is 6.58. The van der Waals surface area contributed by atoms with E-state index >= 15 is 0 Å². The summed E-state index contributed by atoms with van der Waals surface area (Å²) in [5.41, 5.74) is 0.361. The molecule has 6 heteroatoms. The Labute approximate surface area is 112 Å². The van der Waals surface area contributed by atoms with E-state index in [2.05, 4.69) is 20.6 Å². The van der Waals surface area contributed by atoms with Gasteiger partial charge < -0.3 is 20.1 Å². The summed E-state index contributed by atoms with van der Waals surface area (Å²) in [6, 6.07) is 0. The zero-order valence-corrected chi connectivity index (χ0v) is 11.6. The molecule has 1 atom stereocenters. The van der Waals surface area contributed by atoms with Crippen molar-refractivity contribution in [2.75, 3.05) is 23.8 Å². The van der Waals surface area contributed by atoms with Crippen molar-refractivity contribution in [3.05, 3.63) is 18.6 Å². The number of aliphatic hydroxyl groups excluding tert-OH is 1. The largest absolute Gasteiger partial charge is 0.394 e. The van der Waals surface area contributed by atoms with Gasteiger partial charge in [-0.25, -0.2) is 9.97 Å². The van der Waals surface area contributed by atoms with Crippen molar-refractivity contribution in [3.8, 4) is 0 Å². The quantitative estimate of drug-likeness (QED) is 0.740. The SMILES string of the molecule is CCNc1cn2ccnc2c(NC(C)(CC)CO)n1. The molecule has 0 spiro atoms. The van der Waals surface area contributed by atoms with E-state index in [9.17, 15) is 5.11 Å². The van der Waals surface area contributed by atoms with Crippen LogP contribution in [0.1, 0.15) is 27.2 Å². The Balaban J connectivity index is 2.42. The number of rotatable bonds is 6. The number of imidazole rings is 1. The number of nitrogens with one attached hydrogen (secondary N) is 2. The van der Waals surface area contributed by atoms with E-state index in [4.69, 9.17) is 0 Å². The second-order valence-corrected chi connectivity index (χ2v) is 4.86. The van der Waals surface area contributed by atoms with E-state index in [0.717, 1.165) is 24.4 Å². The molecule has 6 nitrogen and oxygen atoms in total. The van der Waals surface area contributed by atoms with Crippen LogP contribution in [0.5, 0.6) is 0 Å². The average Bonchev–Trinajstić information content (AvgIpc) is 2.87. The first kappa shape index (κ1) is 13.6. The topological polar surface area (TPSA) is 74.5 Å². The van der Waals surface area contributed by atoms with Gasteiger partial charge in [-0.2, -0.15) is 0 Å². The van der Waals surface area contributed by atoms with Gasteiger partial charge in [0.05, 0.1) is 18.3 Å². The summed E-state index contributed by atoms with van der Waals surface area (Å²) >= 11 is 0. The maximum absolute atomic E-state index is 9.51. The summed E-state index contributed by atoms with van der Waals surface area (Å²) in [5.74, 6) is 1.47. The van der Waals surface area contributed by atoms with Crippen LogP contribution in [0.4, 0.5) is 11.6 Å². The van der Waals surface area contributed by atoms with Crippen molar-refractivity contribution in [2.45, 2.75) is 32.7 Å². The summed E-state index contributed by atoms with van der Waals surface area (Å²) in [6.45, 7) is 6.87. The monoisotopic (exact) mass is 263 g/mol. The summed E-state index contributed by atoms with van der Waals surface area (Å²) in [6.07, 6.45) is 6.31. The maximum atomic E-state index is 9.51. The Bertz CT molecular complexity index is 547. The number of nitrogens with zero attached hydrogens (tertiary/aromatic N) is 3. The van der Waals surface area contributed by atoms with Crippen LogP contribution in [-0.4, -0.2) is 38.2 Å². The van der Waals surface area contributed by atoms with Crippen molar-refractivity contribution in [1.82, 2.24) is 14.4 Å². The maximum Gasteiger partial charge on any atom is 0.180 e. The lowest BCUT2D eigenvalue weighted by Crippen LogP contribution is -2.38. The molecule has 0 radical (unpaired) electrons. The zero-order chi connectivity index (χ0) is 13.9. The number of aliphatic hydroxyl groups is 1. The molecule has 19 heavy (non-hydrogen) atoms. The third kappa shape index (κ3) is 2.78. The standard InChI is InChI=1S/C13H21N5O/c1-4-13(3,9-19)17-11-12-15-6-7-18(12)8-10(16-11)14-5-2/h6-8,14,19H,4-5,9H2,1-3H3,(H,16,17). The van der Waals surface area contributed by atoms with Gasteiger partial charge in [-0.3, -0.25) is 0 Å². The third-order valence-electron chi connectivity index (χ3n) is 3.28. The van der Waals surface area contributed by atoms with Crippen LogP contribution in [0.15, 0.2) is 18.6 Å². The lowest BCUT2D eigenvalue weighted by Gasteiger charge is -2.28. The molecule has 2 aromatic rings. The number of aromatic nitrogens is 3. The molecular weight excluding hydrogens is 242 g/mol. The van der Waals surface area contributed by atoms with Gasteiger partial charge in [0.15, 0.2) is 11.5 Å². The van der Waals surface area contributed by atoms with Crippen LogP contribution in [-0.2, 0) is 0 Å². The summed E-state index contributed by atoms with van der Waals surface area (Å²) < 4.78 is 1.92. The lowest BCUT2D eigenvalue weighted by atomic mass is 10.0. The fraction of sp³-hybridized carbons (Fsp3) is 0.538. The first-order chi connectivity index (χ1) is 9.11. The molecule has 2 aromatic heterocycles. The van der Waals surface area contributed by atoms with Crippen LogP contribution in [0.3, 0.4) is 0 Å². The molecule has 0 saturated carbocycles. The van der Waals surface area contributed by atoms with Crippen LogP contribution < -0.4 is 10.6 Å². The molecule has 104 valence electrons. The molecule has 2 rings (SSSR count). The average molecular weight is 263 g/mol. The Hall–Kier alpha value is -1.82. The van der Waals surface area contributed by atoms with E-state index in [1.54, 1.807) is 6.20 Å². The first-order valence-corrected chi connectivity index (χ1v) is 6.58. The van der Waals surface area contributed by atoms with Crippen molar-refractivity contribution < 1.29 is 5.11 Å². The zero-order valence-electron chi connectivity index (χ0n) is 11.6. The van der Waals surface area contributed by atoms with Gasteiger partial charge >= 0.3 is 0 Å². The fourth-order valence-electron chi connectivity index (χ4n) is 1.81.